The zero-order valence-electron chi connectivity index (χ0n) is 12.9. The van der Waals surface area contributed by atoms with Crippen LogP contribution in [0.3, 0.4) is 0 Å². The highest BCUT2D eigenvalue weighted by Gasteiger charge is 2.29. The number of piperidine rings is 1. The van der Waals surface area contributed by atoms with Crippen LogP contribution < -0.4 is 0 Å². The molecule has 22 heavy (non-hydrogen) atoms. The van der Waals surface area contributed by atoms with Crippen LogP contribution in [0.15, 0.2) is 24.4 Å². The fourth-order valence-corrected chi connectivity index (χ4v) is 4.58. The monoisotopic (exact) mass is 318 g/mol. The smallest absolute Gasteiger partial charge is 0.211 e. The Morgan fingerprint density at radius 3 is 2.45 bits per heavy atom. The molecule has 1 saturated carbocycles. The highest BCUT2D eigenvalue weighted by molar-refractivity contribution is 7.88. The summed E-state index contributed by atoms with van der Waals surface area (Å²) >= 11 is 0. The second-order valence-electron chi connectivity index (χ2n) is 6.76. The summed E-state index contributed by atoms with van der Waals surface area (Å²) in [5.41, 5.74) is 4.09. The number of hydrogen-bond acceptors (Lipinski definition) is 2. The van der Waals surface area contributed by atoms with Crippen LogP contribution in [0.5, 0.6) is 0 Å². The van der Waals surface area contributed by atoms with Gasteiger partial charge in [-0.1, -0.05) is 6.07 Å². The number of rotatable bonds is 3. The molecule has 0 unspecified atom stereocenters. The molecule has 0 spiro atoms. The van der Waals surface area contributed by atoms with E-state index in [0.29, 0.717) is 19.0 Å². The average Bonchev–Trinajstić information content (AvgIpc) is 3.23. The summed E-state index contributed by atoms with van der Waals surface area (Å²) in [6, 6.07) is 6.83. The van der Waals surface area contributed by atoms with Gasteiger partial charge in [-0.25, -0.2) is 12.7 Å². The van der Waals surface area contributed by atoms with Crippen molar-refractivity contribution >= 4 is 20.9 Å². The Balaban J connectivity index is 1.65. The first kappa shape index (κ1) is 14.3. The zero-order chi connectivity index (χ0) is 15.3. The maximum Gasteiger partial charge on any atom is 0.211 e. The second-order valence-corrected chi connectivity index (χ2v) is 8.74. The van der Waals surface area contributed by atoms with Gasteiger partial charge < -0.3 is 4.98 Å². The van der Waals surface area contributed by atoms with Crippen molar-refractivity contribution < 1.29 is 8.42 Å². The molecule has 0 radical (unpaired) electrons. The van der Waals surface area contributed by atoms with Gasteiger partial charge >= 0.3 is 0 Å². The number of nitrogens with zero attached hydrogens (tertiary/aromatic N) is 1. The Hall–Kier alpha value is -1.33. The van der Waals surface area contributed by atoms with Gasteiger partial charge in [0.05, 0.1) is 6.26 Å². The molecule has 4 nitrogen and oxygen atoms in total. The molecule has 1 aliphatic heterocycles. The van der Waals surface area contributed by atoms with Crippen molar-refractivity contribution in [3.8, 4) is 0 Å². The summed E-state index contributed by atoms with van der Waals surface area (Å²) < 4.78 is 25.0. The fraction of sp³-hybridized carbons (Fsp3) is 0.529. The van der Waals surface area contributed by atoms with Crippen LogP contribution in [0.1, 0.15) is 48.6 Å². The van der Waals surface area contributed by atoms with Crippen LogP contribution >= 0.6 is 0 Å². The third-order valence-corrected chi connectivity index (χ3v) is 6.44. The molecule has 2 fully saturated rings. The lowest BCUT2D eigenvalue weighted by atomic mass is 9.86. The Morgan fingerprint density at radius 2 is 1.82 bits per heavy atom. The van der Waals surface area contributed by atoms with E-state index >= 15 is 0 Å². The molecule has 1 aromatic heterocycles. The minimum absolute atomic E-state index is 0.468. The number of sulfonamides is 1. The maximum atomic E-state index is 11.7. The molecule has 1 saturated heterocycles. The molecule has 118 valence electrons. The normalized spacial score (nSPS) is 21.5. The third kappa shape index (κ3) is 2.57. The molecule has 5 heteroatoms. The van der Waals surface area contributed by atoms with Crippen LogP contribution in [0.25, 0.3) is 10.9 Å². The molecule has 0 bridgehead atoms. The Labute approximate surface area is 131 Å². The number of aromatic nitrogens is 1. The molecule has 1 aromatic carbocycles. The van der Waals surface area contributed by atoms with Crippen molar-refractivity contribution in [2.75, 3.05) is 19.3 Å². The topological polar surface area (TPSA) is 53.2 Å². The minimum atomic E-state index is -3.05. The van der Waals surface area contributed by atoms with Crippen molar-refractivity contribution in [2.45, 2.75) is 37.5 Å². The lowest BCUT2D eigenvalue weighted by Crippen LogP contribution is -2.37. The molecule has 2 aromatic rings. The van der Waals surface area contributed by atoms with Crippen LogP contribution in [-0.2, 0) is 10.0 Å². The van der Waals surface area contributed by atoms with E-state index in [4.69, 9.17) is 0 Å². The highest BCUT2D eigenvalue weighted by atomic mass is 32.2. The maximum absolute atomic E-state index is 11.7. The van der Waals surface area contributed by atoms with E-state index in [2.05, 4.69) is 23.2 Å². The SMILES string of the molecule is CS(=O)(=O)N1CCC(c2cc(C3CC3)cc3[nH]ccc23)CC1. The Bertz CT molecular complexity index is 797. The summed E-state index contributed by atoms with van der Waals surface area (Å²) in [4.78, 5) is 3.35. The fourth-order valence-electron chi connectivity index (χ4n) is 3.71. The van der Waals surface area contributed by atoms with E-state index in [1.54, 1.807) is 4.31 Å². The lowest BCUT2D eigenvalue weighted by molar-refractivity contribution is 0.322. The van der Waals surface area contributed by atoms with Gasteiger partial charge in [-0.2, -0.15) is 0 Å². The second kappa shape index (κ2) is 5.10. The summed E-state index contributed by atoms with van der Waals surface area (Å²) in [5.74, 6) is 1.21. The van der Waals surface area contributed by atoms with E-state index in [0.717, 1.165) is 18.8 Å². The lowest BCUT2D eigenvalue weighted by Gasteiger charge is -2.31. The molecule has 0 atom stereocenters. The third-order valence-electron chi connectivity index (χ3n) is 5.13. The molecule has 1 N–H and O–H groups in total. The van der Waals surface area contributed by atoms with Gasteiger partial charge in [0.1, 0.15) is 0 Å². The van der Waals surface area contributed by atoms with Crippen molar-refractivity contribution in [3.63, 3.8) is 0 Å². The number of aromatic amines is 1. The molecule has 2 aliphatic rings. The first-order valence-electron chi connectivity index (χ1n) is 8.08. The Morgan fingerprint density at radius 1 is 1.09 bits per heavy atom. The summed E-state index contributed by atoms with van der Waals surface area (Å²) in [7, 11) is -3.05. The number of nitrogens with one attached hydrogen (secondary N) is 1. The predicted octanol–water partition coefficient (Wildman–Crippen LogP) is 3.18. The number of benzene rings is 1. The zero-order valence-corrected chi connectivity index (χ0v) is 13.7. The highest BCUT2D eigenvalue weighted by Crippen LogP contribution is 2.43. The van der Waals surface area contributed by atoms with E-state index in [-0.39, 0.29) is 0 Å². The van der Waals surface area contributed by atoms with Crippen molar-refractivity contribution in [2.24, 2.45) is 0 Å². The van der Waals surface area contributed by atoms with Crippen molar-refractivity contribution in [1.82, 2.24) is 9.29 Å². The van der Waals surface area contributed by atoms with Crippen molar-refractivity contribution in [3.05, 3.63) is 35.5 Å². The quantitative estimate of drug-likeness (QED) is 0.945. The summed E-state index contributed by atoms with van der Waals surface area (Å²) in [6.07, 6.45) is 7.77. The predicted molar refractivity (Wildman–Crippen MR) is 88.7 cm³/mol. The molecule has 1 aliphatic carbocycles. The van der Waals surface area contributed by atoms with Gasteiger partial charge in [-0.05, 0) is 60.8 Å². The van der Waals surface area contributed by atoms with Crippen LogP contribution in [0, 0.1) is 0 Å². The summed E-state index contributed by atoms with van der Waals surface area (Å²) in [6.45, 7) is 1.28. The number of H-pyrrole nitrogens is 1. The van der Waals surface area contributed by atoms with E-state index in [9.17, 15) is 8.42 Å². The van der Waals surface area contributed by atoms with Gasteiger partial charge in [-0.3, -0.25) is 0 Å². The van der Waals surface area contributed by atoms with Crippen molar-refractivity contribution in [1.29, 1.82) is 0 Å². The first-order valence-corrected chi connectivity index (χ1v) is 9.93. The average molecular weight is 318 g/mol. The summed E-state index contributed by atoms with van der Waals surface area (Å²) in [5, 5.41) is 1.31. The standard InChI is InChI=1S/C17H22N2O2S/c1-22(20,21)19-8-5-13(6-9-19)16-10-14(12-2-3-12)11-17-15(16)4-7-18-17/h4,7,10-13,18H,2-3,5-6,8-9H2,1H3. The van der Waals surface area contributed by atoms with E-state index < -0.39 is 10.0 Å². The van der Waals surface area contributed by atoms with Gasteiger partial charge in [0.15, 0.2) is 0 Å². The Kier molecular flexibility index (Phi) is 3.31. The van der Waals surface area contributed by atoms with Crippen LogP contribution in [0.2, 0.25) is 0 Å². The van der Waals surface area contributed by atoms with Gasteiger partial charge in [0, 0.05) is 30.2 Å². The van der Waals surface area contributed by atoms with Gasteiger partial charge in [0.2, 0.25) is 10.0 Å². The molecular weight excluding hydrogens is 296 g/mol. The van der Waals surface area contributed by atoms with Crippen LogP contribution in [0.4, 0.5) is 0 Å². The van der Waals surface area contributed by atoms with Gasteiger partial charge in [-0.15, -0.1) is 0 Å². The number of hydrogen-bond donors (Lipinski definition) is 1. The van der Waals surface area contributed by atoms with E-state index in [1.165, 1.54) is 41.1 Å². The minimum Gasteiger partial charge on any atom is -0.361 e. The van der Waals surface area contributed by atoms with Crippen LogP contribution in [-0.4, -0.2) is 37.1 Å². The number of fused-ring (bicyclic) bond motifs is 1. The first-order chi connectivity index (χ1) is 10.5. The van der Waals surface area contributed by atoms with E-state index in [1.807, 2.05) is 6.20 Å². The molecule has 2 heterocycles. The molecule has 0 amide bonds. The van der Waals surface area contributed by atoms with Gasteiger partial charge in [0.25, 0.3) is 0 Å². The molecular formula is C17H22N2O2S. The largest absolute Gasteiger partial charge is 0.361 e. The molecule has 4 rings (SSSR count).